The van der Waals surface area contributed by atoms with Gasteiger partial charge in [-0.25, -0.2) is 14.1 Å². The molecule has 0 radical (unpaired) electrons. The molecule has 6 nitrogen and oxygen atoms in total. The number of aromatic nitrogens is 1. The third-order valence-corrected chi connectivity index (χ3v) is 4.80. The number of rotatable bonds is 3. The number of carbonyl (C=O) groups is 3. The summed E-state index contributed by atoms with van der Waals surface area (Å²) >= 11 is 0. The summed E-state index contributed by atoms with van der Waals surface area (Å²) in [5.74, 6) is -2.18. The maximum atomic E-state index is 13.6. The Balaban J connectivity index is 1.83. The third-order valence-electron chi connectivity index (χ3n) is 4.80. The Morgan fingerprint density at radius 2 is 1.79 bits per heavy atom. The predicted octanol–water partition coefficient (Wildman–Crippen LogP) is 4.03. The maximum absolute atomic E-state index is 13.6. The fourth-order valence-electron chi connectivity index (χ4n) is 3.44. The number of fused-ring (bicyclic) bond motifs is 1. The maximum Gasteiger partial charge on any atom is 0.335 e. The molecule has 1 aliphatic rings. The monoisotopic (exact) mass is 391 g/mol. The summed E-state index contributed by atoms with van der Waals surface area (Å²) in [6.45, 7) is 4.07. The van der Waals surface area contributed by atoms with Gasteiger partial charge in [0, 0.05) is 28.7 Å². The molecule has 146 valence electrons. The van der Waals surface area contributed by atoms with Gasteiger partial charge >= 0.3 is 6.03 Å². The molecule has 0 aliphatic carbocycles. The average molecular weight is 391 g/mol. The first-order valence-electron chi connectivity index (χ1n) is 9.13. The average Bonchev–Trinajstić information content (AvgIpc) is 3.04. The van der Waals surface area contributed by atoms with Crippen molar-refractivity contribution in [2.75, 3.05) is 4.90 Å². The molecular formula is C22H18FN3O3. The summed E-state index contributed by atoms with van der Waals surface area (Å²) in [4.78, 5) is 38.4. The number of anilines is 1. The van der Waals surface area contributed by atoms with Gasteiger partial charge in [-0.1, -0.05) is 24.3 Å². The molecule has 2 heterocycles. The van der Waals surface area contributed by atoms with E-state index < -0.39 is 23.7 Å². The predicted molar refractivity (Wildman–Crippen MR) is 108 cm³/mol. The van der Waals surface area contributed by atoms with Crippen molar-refractivity contribution in [3.8, 4) is 0 Å². The van der Waals surface area contributed by atoms with Crippen LogP contribution >= 0.6 is 0 Å². The van der Waals surface area contributed by atoms with E-state index in [1.807, 2.05) is 48.9 Å². The number of imide groups is 2. The van der Waals surface area contributed by atoms with E-state index in [1.54, 1.807) is 0 Å². The van der Waals surface area contributed by atoms with Gasteiger partial charge in [0.25, 0.3) is 11.8 Å². The molecule has 2 aromatic carbocycles. The molecule has 0 saturated carbocycles. The van der Waals surface area contributed by atoms with Crippen molar-refractivity contribution in [1.82, 2.24) is 9.88 Å². The van der Waals surface area contributed by atoms with Gasteiger partial charge in [0.1, 0.15) is 11.4 Å². The fraction of sp³-hybridized carbons (Fsp3) is 0.136. The standard InChI is InChI=1S/C22H18FN3O3/c1-13(2)25-12-14(17-8-3-4-9-19(17)25)10-18-20(27)24-22(29)26(21(18)28)16-7-5-6-15(23)11-16/h3-13H,1-2H3,(H,24,27,29)/b18-10+. The molecule has 0 unspecified atom stereocenters. The van der Waals surface area contributed by atoms with Crippen LogP contribution in [0.5, 0.6) is 0 Å². The number of nitrogens with one attached hydrogen (secondary N) is 1. The summed E-state index contributed by atoms with van der Waals surface area (Å²) in [7, 11) is 0. The lowest BCUT2D eigenvalue weighted by molar-refractivity contribution is -0.122. The van der Waals surface area contributed by atoms with Gasteiger partial charge in [-0.15, -0.1) is 0 Å². The van der Waals surface area contributed by atoms with E-state index in [9.17, 15) is 18.8 Å². The number of urea groups is 1. The molecule has 7 heteroatoms. The lowest BCUT2D eigenvalue weighted by Crippen LogP contribution is -2.54. The van der Waals surface area contributed by atoms with Gasteiger partial charge in [0.05, 0.1) is 5.69 Å². The highest BCUT2D eigenvalue weighted by Gasteiger charge is 2.37. The van der Waals surface area contributed by atoms with E-state index in [-0.39, 0.29) is 17.3 Å². The van der Waals surface area contributed by atoms with Crippen molar-refractivity contribution < 1.29 is 18.8 Å². The summed E-state index contributed by atoms with van der Waals surface area (Å²) in [5.41, 5.74) is 1.51. The van der Waals surface area contributed by atoms with E-state index in [0.29, 0.717) is 5.56 Å². The molecule has 4 amide bonds. The molecule has 1 aliphatic heterocycles. The van der Waals surface area contributed by atoms with Gasteiger partial charge in [0.2, 0.25) is 0 Å². The molecule has 1 fully saturated rings. The van der Waals surface area contributed by atoms with Crippen LogP contribution in [-0.4, -0.2) is 22.4 Å². The number of halogens is 1. The van der Waals surface area contributed by atoms with Crippen molar-refractivity contribution in [2.45, 2.75) is 19.9 Å². The zero-order valence-electron chi connectivity index (χ0n) is 15.8. The van der Waals surface area contributed by atoms with Crippen LogP contribution in [0.4, 0.5) is 14.9 Å². The Hall–Kier alpha value is -3.74. The second-order valence-electron chi connectivity index (χ2n) is 7.04. The van der Waals surface area contributed by atoms with Crippen LogP contribution in [0.1, 0.15) is 25.5 Å². The highest BCUT2D eigenvalue weighted by molar-refractivity contribution is 6.39. The van der Waals surface area contributed by atoms with Crippen molar-refractivity contribution in [3.05, 3.63) is 71.7 Å². The molecule has 0 atom stereocenters. The van der Waals surface area contributed by atoms with Crippen LogP contribution in [0.15, 0.2) is 60.3 Å². The second-order valence-corrected chi connectivity index (χ2v) is 7.04. The van der Waals surface area contributed by atoms with Crippen LogP contribution in [-0.2, 0) is 9.59 Å². The van der Waals surface area contributed by atoms with Crippen LogP contribution in [0.2, 0.25) is 0 Å². The fourth-order valence-corrected chi connectivity index (χ4v) is 3.44. The largest absolute Gasteiger partial charge is 0.344 e. The van der Waals surface area contributed by atoms with Gasteiger partial charge in [-0.05, 0) is 44.2 Å². The number of hydrogen-bond donors (Lipinski definition) is 1. The van der Waals surface area contributed by atoms with E-state index in [0.717, 1.165) is 21.9 Å². The van der Waals surface area contributed by atoms with E-state index >= 15 is 0 Å². The number of barbiturate groups is 1. The second kappa shape index (κ2) is 7.01. The SMILES string of the molecule is CC(C)n1cc(/C=C2\C(=O)NC(=O)N(c3cccc(F)c3)C2=O)c2ccccc21. The number of carbonyl (C=O) groups excluding carboxylic acids is 3. The van der Waals surface area contributed by atoms with E-state index in [4.69, 9.17) is 0 Å². The number of benzene rings is 2. The normalized spacial score (nSPS) is 16.2. The molecule has 29 heavy (non-hydrogen) atoms. The summed E-state index contributed by atoms with van der Waals surface area (Å²) < 4.78 is 15.6. The minimum Gasteiger partial charge on any atom is -0.344 e. The Morgan fingerprint density at radius 1 is 1.03 bits per heavy atom. The van der Waals surface area contributed by atoms with Crippen LogP contribution in [0.25, 0.3) is 17.0 Å². The molecule has 1 N–H and O–H groups in total. The number of nitrogens with zero attached hydrogens (tertiary/aromatic N) is 2. The van der Waals surface area contributed by atoms with Crippen molar-refractivity contribution >= 4 is 40.5 Å². The van der Waals surface area contributed by atoms with Gasteiger partial charge in [0.15, 0.2) is 0 Å². The Labute approximate surface area is 166 Å². The van der Waals surface area contributed by atoms with Gasteiger partial charge < -0.3 is 4.57 Å². The minimum atomic E-state index is -0.910. The molecule has 4 rings (SSSR count). The van der Waals surface area contributed by atoms with Crippen LogP contribution in [0.3, 0.4) is 0 Å². The quantitative estimate of drug-likeness (QED) is 0.541. The topological polar surface area (TPSA) is 71.4 Å². The first-order valence-corrected chi connectivity index (χ1v) is 9.13. The Morgan fingerprint density at radius 3 is 2.52 bits per heavy atom. The van der Waals surface area contributed by atoms with Crippen molar-refractivity contribution in [1.29, 1.82) is 0 Å². The zero-order chi connectivity index (χ0) is 20.7. The molecule has 1 saturated heterocycles. The molecule has 1 aromatic heterocycles. The summed E-state index contributed by atoms with van der Waals surface area (Å²) in [6.07, 6.45) is 3.34. The first kappa shape index (κ1) is 18.6. The highest BCUT2D eigenvalue weighted by Crippen LogP contribution is 2.28. The number of amides is 4. The molecule has 3 aromatic rings. The minimum absolute atomic E-state index is 0.0514. The Bertz CT molecular complexity index is 1190. The third kappa shape index (κ3) is 3.20. The summed E-state index contributed by atoms with van der Waals surface area (Å²) in [5, 5.41) is 3.03. The van der Waals surface area contributed by atoms with E-state index in [2.05, 4.69) is 5.32 Å². The molecule has 0 spiro atoms. The first-order chi connectivity index (χ1) is 13.9. The van der Waals surface area contributed by atoms with Crippen LogP contribution < -0.4 is 10.2 Å². The Kier molecular flexibility index (Phi) is 4.50. The number of para-hydroxylation sites is 1. The lowest BCUT2D eigenvalue weighted by atomic mass is 10.1. The van der Waals surface area contributed by atoms with Gasteiger partial charge in [-0.3, -0.25) is 14.9 Å². The summed E-state index contributed by atoms with van der Waals surface area (Å²) in [6, 6.07) is 12.0. The van der Waals surface area contributed by atoms with E-state index in [1.165, 1.54) is 24.3 Å². The smallest absolute Gasteiger partial charge is 0.335 e. The van der Waals surface area contributed by atoms with Crippen molar-refractivity contribution in [2.24, 2.45) is 0 Å². The lowest BCUT2D eigenvalue weighted by Gasteiger charge is -2.26. The zero-order valence-corrected chi connectivity index (χ0v) is 15.8. The highest BCUT2D eigenvalue weighted by atomic mass is 19.1. The van der Waals surface area contributed by atoms with Gasteiger partial charge in [-0.2, -0.15) is 0 Å². The van der Waals surface area contributed by atoms with Crippen LogP contribution in [0, 0.1) is 5.82 Å². The number of hydrogen-bond acceptors (Lipinski definition) is 3. The van der Waals surface area contributed by atoms with Crippen molar-refractivity contribution in [3.63, 3.8) is 0 Å². The molecular weight excluding hydrogens is 373 g/mol. The molecule has 0 bridgehead atoms.